The summed E-state index contributed by atoms with van der Waals surface area (Å²) >= 11 is 0. The van der Waals surface area contributed by atoms with Crippen molar-refractivity contribution in [2.75, 3.05) is 25.7 Å². The van der Waals surface area contributed by atoms with Crippen LogP contribution in [0.4, 0.5) is 4.79 Å². The Labute approximate surface area is 72.0 Å². The number of alkyl carbamates (subject to hydrolysis) is 1. The number of hydrogen-bond acceptors (Lipinski definition) is 4. The van der Waals surface area contributed by atoms with Gasteiger partial charge in [-0.25, -0.2) is 13.2 Å². The van der Waals surface area contributed by atoms with Gasteiger partial charge < -0.3 is 10.1 Å². The van der Waals surface area contributed by atoms with E-state index in [9.17, 15) is 13.2 Å². The number of nitrogens with one attached hydrogen (secondary N) is 1. The van der Waals surface area contributed by atoms with Gasteiger partial charge in [0, 0.05) is 12.8 Å². The summed E-state index contributed by atoms with van der Waals surface area (Å²) in [6, 6.07) is 0. The largest absolute Gasteiger partial charge is 0.453 e. The molecule has 0 aromatic heterocycles. The van der Waals surface area contributed by atoms with Crippen LogP contribution in [0.3, 0.4) is 0 Å². The molecule has 0 aliphatic rings. The van der Waals surface area contributed by atoms with Crippen LogP contribution in [-0.4, -0.2) is 40.2 Å². The number of rotatable bonds is 4. The van der Waals surface area contributed by atoms with Crippen molar-refractivity contribution < 1.29 is 17.9 Å². The fraction of sp³-hybridized carbons (Fsp3) is 0.833. The molecule has 0 radical (unpaired) electrons. The van der Waals surface area contributed by atoms with Crippen LogP contribution in [0.2, 0.25) is 0 Å². The predicted octanol–water partition coefficient (Wildman–Crippen LogP) is -0.223. The molecule has 6 heteroatoms. The highest BCUT2D eigenvalue weighted by atomic mass is 32.2. The minimum absolute atomic E-state index is 0.0804. The summed E-state index contributed by atoms with van der Waals surface area (Å²) in [6.07, 6.45) is 1.03. The van der Waals surface area contributed by atoms with Crippen LogP contribution in [0.5, 0.6) is 0 Å². The van der Waals surface area contributed by atoms with Crippen LogP contribution in [0.15, 0.2) is 0 Å². The van der Waals surface area contributed by atoms with Gasteiger partial charge in [0.15, 0.2) is 0 Å². The highest BCUT2D eigenvalue weighted by Crippen LogP contribution is 1.86. The Morgan fingerprint density at radius 1 is 1.50 bits per heavy atom. The molecular weight excluding hydrogens is 182 g/mol. The molecule has 5 nitrogen and oxygen atoms in total. The van der Waals surface area contributed by atoms with Gasteiger partial charge in [-0.3, -0.25) is 0 Å². The average Bonchev–Trinajstić information content (AvgIpc) is 1.96. The smallest absolute Gasteiger partial charge is 0.406 e. The molecule has 0 spiro atoms. The minimum Gasteiger partial charge on any atom is -0.453 e. The van der Waals surface area contributed by atoms with E-state index in [1.165, 1.54) is 7.11 Å². The first-order valence-corrected chi connectivity index (χ1v) is 5.51. The third-order valence-electron chi connectivity index (χ3n) is 1.15. The van der Waals surface area contributed by atoms with Crippen molar-refractivity contribution in [2.45, 2.75) is 6.42 Å². The molecule has 0 heterocycles. The van der Waals surface area contributed by atoms with Gasteiger partial charge in [-0.1, -0.05) is 0 Å². The molecule has 0 aromatic rings. The zero-order chi connectivity index (χ0) is 9.61. The highest BCUT2D eigenvalue weighted by Gasteiger charge is 2.02. The maximum Gasteiger partial charge on any atom is 0.406 e. The topological polar surface area (TPSA) is 72.5 Å². The molecule has 1 amide bonds. The lowest BCUT2D eigenvalue weighted by Crippen LogP contribution is -2.25. The van der Waals surface area contributed by atoms with Crippen molar-refractivity contribution in [3.05, 3.63) is 0 Å². The number of sulfone groups is 1. The van der Waals surface area contributed by atoms with Crippen molar-refractivity contribution in [2.24, 2.45) is 0 Å². The summed E-state index contributed by atoms with van der Waals surface area (Å²) in [5.41, 5.74) is 0. The summed E-state index contributed by atoms with van der Waals surface area (Å²) in [7, 11) is -1.67. The van der Waals surface area contributed by atoms with E-state index in [1.807, 2.05) is 0 Å². The van der Waals surface area contributed by atoms with Crippen LogP contribution in [-0.2, 0) is 14.6 Å². The Hall–Kier alpha value is -0.780. The second kappa shape index (κ2) is 4.97. The van der Waals surface area contributed by atoms with Gasteiger partial charge in [0.1, 0.15) is 9.84 Å². The van der Waals surface area contributed by atoms with Gasteiger partial charge in [-0.15, -0.1) is 0 Å². The highest BCUT2D eigenvalue weighted by molar-refractivity contribution is 7.90. The third-order valence-corrected chi connectivity index (χ3v) is 2.18. The van der Waals surface area contributed by atoms with E-state index < -0.39 is 15.9 Å². The molecule has 0 aromatic carbocycles. The fourth-order valence-corrected chi connectivity index (χ4v) is 1.27. The van der Waals surface area contributed by atoms with Crippen molar-refractivity contribution in [1.82, 2.24) is 5.32 Å². The second-order valence-corrected chi connectivity index (χ2v) is 4.66. The lowest BCUT2D eigenvalue weighted by Gasteiger charge is -2.01. The Morgan fingerprint density at radius 2 is 2.08 bits per heavy atom. The minimum atomic E-state index is -2.92. The number of carbonyl (C=O) groups is 1. The molecule has 0 atom stereocenters. The van der Waals surface area contributed by atoms with Crippen LogP contribution in [0.25, 0.3) is 0 Å². The molecule has 0 unspecified atom stereocenters. The van der Waals surface area contributed by atoms with Gasteiger partial charge >= 0.3 is 6.09 Å². The number of amides is 1. The Balaban J connectivity index is 3.40. The van der Waals surface area contributed by atoms with E-state index in [0.29, 0.717) is 13.0 Å². The average molecular weight is 195 g/mol. The summed E-state index contributed by atoms with van der Waals surface area (Å²) in [6.45, 7) is 0.319. The zero-order valence-electron chi connectivity index (χ0n) is 7.16. The van der Waals surface area contributed by atoms with E-state index in [4.69, 9.17) is 0 Å². The maximum absolute atomic E-state index is 10.6. The molecule has 0 saturated carbocycles. The molecular formula is C6H13NO4S. The molecule has 0 bridgehead atoms. The number of methoxy groups -OCH3 is 1. The third kappa shape index (κ3) is 7.33. The second-order valence-electron chi connectivity index (χ2n) is 2.40. The monoisotopic (exact) mass is 195 g/mol. The normalized spacial score (nSPS) is 10.8. The Bertz CT molecular complexity index is 234. The SMILES string of the molecule is COC(=O)NCCCS(C)(=O)=O. The van der Waals surface area contributed by atoms with Gasteiger partial charge in [-0.05, 0) is 6.42 Å². The summed E-state index contributed by atoms with van der Waals surface area (Å²) in [4.78, 5) is 10.5. The van der Waals surface area contributed by atoms with Crippen LogP contribution in [0.1, 0.15) is 6.42 Å². The number of ether oxygens (including phenoxy) is 1. The molecule has 72 valence electrons. The fourth-order valence-electron chi connectivity index (χ4n) is 0.597. The van der Waals surface area contributed by atoms with E-state index in [1.54, 1.807) is 0 Å². The number of carbonyl (C=O) groups excluding carboxylic acids is 1. The van der Waals surface area contributed by atoms with Crippen molar-refractivity contribution in [3.8, 4) is 0 Å². The summed E-state index contributed by atoms with van der Waals surface area (Å²) in [5, 5.41) is 2.38. The summed E-state index contributed by atoms with van der Waals surface area (Å²) in [5.74, 6) is 0.0804. The van der Waals surface area contributed by atoms with E-state index in [-0.39, 0.29) is 5.75 Å². The van der Waals surface area contributed by atoms with Gasteiger partial charge in [0.05, 0.1) is 12.9 Å². The maximum atomic E-state index is 10.6. The van der Waals surface area contributed by atoms with Gasteiger partial charge in [0.2, 0.25) is 0 Å². The molecule has 1 N–H and O–H groups in total. The van der Waals surface area contributed by atoms with Crippen LogP contribution >= 0.6 is 0 Å². The molecule has 0 fully saturated rings. The quantitative estimate of drug-likeness (QED) is 0.629. The first-order chi connectivity index (χ1) is 5.45. The van der Waals surface area contributed by atoms with Crippen LogP contribution < -0.4 is 5.32 Å². The van der Waals surface area contributed by atoms with Gasteiger partial charge in [0.25, 0.3) is 0 Å². The Kier molecular flexibility index (Phi) is 4.65. The lowest BCUT2D eigenvalue weighted by atomic mass is 10.5. The van der Waals surface area contributed by atoms with Crippen LogP contribution in [0, 0.1) is 0 Å². The number of hydrogen-bond donors (Lipinski definition) is 1. The summed E-state index contributed by atoms with van der Waals surface area (Å²) < 4.78 is 25.5. The van der Waals surface area contributed by atoms with Crippen molar-refractivity contribution >= 4 is 15.9 Å². The predicted molar refractivity (Wildman–Crippen MR) is 44.7 cm³/mol. The zero-order valence-corrected chi connectivity index (χ0v) is 7.98. The van der Waals surface area contributed by atoms with Crippen molar-refractivity contribution in [3.63, 3.8) is 0 Å². The molecule has 12 heavy (non-hydrogen) atoms. The molecule has 0 rings (SSSR count). The molecule has 0 aliphatic carbocycles. The molecule has 0 saturated heterocycles. The standard InChI is InChI=1S/C6H13NO4S/c1-11-6(8)7-4-3-5-12(2,9)10/h3-5H2,1-2H3,(H,7,8). The first-order valence-electron chi connectivity index (χ1n) is 3.45. The van der Waals surface area contributed by atoms with E-state index in [2.05, 4.69) is 10.1 Å². The first kappa shape index (κ1) is 11.2. The van der Waals surface area contributed by atoms with Crippen molar-refractivity contribution in [1.29, 1.82) is 0 Å². The Morgan fingerprint density at radius 3 is 2.50 bits per heavy atom. The van der Waals surface area contributed by atoms with E-state index >= 15 is 0 Å². The van der Waals surface area contributed by atoms with Gasteiger partial charge in [-0.2, -0.15) is 0 Å². The molecule has 0 aliphatic heterocycles. The lowest BCUT2D eigenvalue weighted by molar-refractivity contribution is 0.171. The van der Waals surface area contributed by atoms with E-state index in [0.717, 1.165) is 6.26 Å².